The third kappa shape index (κ3) is 4.63. The van der Waals surface area contributed by atoms with Crippen LogP contribution in [0.1, 0.15) is 19.3 Å². The van der Waals surface area contributed by atoms with Gasteiger partial charge in [0.2, 0.25) is 5.91 Å². The van der Waals surface area contributed by atoms with Crippen LogP contribution in [-0.4, -0.2) is 23.7 Å². The maximum Gasteiger partial charge on any atom is 0.234 e. The van der Waals surface area contributed by atoms with E-state index in [9.17, 15) is 4.79 Å². The number of amides is 1. The molecule has 1 amide bonds. The molecular formula is C13H17BrN2OS. The number of halogens is 1. The summed E-state index contributed by atoms with van der Waals surface area (Å²) < 4.78 is 1.08. The normalized spacial score (nSPS) is 16.5. The Kier molecular flexibility index (Phi) is 5.09. The van der Waals surface area contributed by atoms with E-state index in [2.05, 4.69) is 33.4 Å². The molecule has 0 saturated heterocycles. The predicted molar refractivity (Wildman–Crippen MR) is 78.6 cm³/mol. The minimum Gasteiger partial charge on any atom is -0.368 e. The molecule has 3 N–H and O–H groups in total. The summed E-state index contributed by atoms with van der Waals surface area (Å²) in [6.45, 7) is 0. The lowest BCUT2D eigenvalue weighted by molar-refractivity contribution is -0.120. The molecule has 3 nitrogen and oxygen atoms in total. The molecule has 0 aliphatic heterocycles. The standard InChI is InChI=1S/C13H17BrN2OS/c14-9-1-5-11(6-2-9)18-8-7-12(13(15)17)16-10-3-4-10/h1-2,5-6,10,12,16H,3-4,7-8H2,(H2,15,17). The van der Waals surface area contributed by atoms with Crippen LogP contribution in [0.3, 0.4) is 0 Å². The summed E-state index contributed by atoms with van der Waals surface area (Å²) >= 11 is 5.16. The van der Waals surface area contributed by atoms with Gasteiger partial charge in [-0.3, -0.25) is 4.79 Å². The molecule has 0 heterocycles. The lowest BCUT2D eigenvalue weighted by atomic mass is 10.2. The van der Waals surface area contributed by atoms with Gasteiger partial charge in [0.15, 0.2) is 0 Å². The van der Waals surface area contributed by atoms with Crippen LogP contribution in [0.2, 0.25) is 0 Å². The van der Waals surface area contributed by atoms with Gasteiger partial charge in [-0.1, -0.05) is 15.9 Å². The Morgan fingerprint density at radius 1 is 1.44 bits per heavy atom. The van der Waals surface area contributed by atoms with Gasteiger partial charge in [0.05, 0.1) is 6.04 Å². The van der Waals surface area contributed by atoms with E-state index >= 15 is 0 Å². The van der Waals surface area contributed by atoms with Crippen molar-refractivity contribution in [2.24, 2.45) is 5.73 Å². The number of rotatable bonds is 7. The van der Waals surface area contributed by atoms with Gasteiger partial charge in [-0.05, 0) is 49.3 Å². The quantitative estimate of drug-likeness (QED) is 0.756. The van der Waals surface area contributed by atoms with E-state index in [0.29, 0.717) is 6.04 Å². The predicted octanol–water partition coefficient (Wildman–Crippen LogP) is 2.54. The summed E-state index contributed by atoms with van der Waals surface area (Å²) in [5, 5.41) is 3.29. The van der Waals surface area contributed by atoms with Gasteiger partial charge >= 0.3 is 0 Å². The Hall–Kier alpha value is -0.520. The Morgan fingerprint density at radius 3 is 2.67 bits per heavy atom. The fourth-order valence-electron chi connectivity index (χ4n) is 1.67. The molecule has 1 fully saturated rings. The van der Waals surface area contributed by atoms with Crippen molar-refractivity contribution in [2.75, 3.05) is 5.75 Å². The van der Waals surface area contributed by atoms with Crippen molar-refractivity contribution < 1.29 is 4.79 Å². The third-order valence-corrected chi connectivity index (χ3v) is 4.42. The van der Waals surface area contributed by atoms with Gasteiger partial charge in [-0.25, -0.2) is 0 Å². The van der Waals surface area contributed by atoms with Gasteiger partial charge in [-0.2, -0.15) is 0 Å². The second-order valence-electron chi connectivity index (χ2n) is 4.49. The van der Waals surface area contributed by atoms with Gasteiger partial charge in [0.1, 0.15) is 0 Å². The molecule has 2 rings (SSSR count). The minimum absolute atomic E-state index is 0.180. The lowest BCUT2D eigenvalue weighted by Crippen LogP contribution is -2.42. The van der Waals surface area contributed by atoms with Crippen LogP contribution in [0.4, 0.5) is 0 Å². The van der Waals surface area contributed by atoms with Gasteiger partial charge in [-0.15, -0.1) is 11.8 Å². The number of carbonyl (C=O) groups excluding carboxylic acids is 1. The average Bonchev–Trinajstić information content (AvgIpc) is 3.14. The van der Waals surface area contributed by atoms with Crippen molar-refractivity contribution in [3.05, 3.63) is 28.7 Å². The molecule has 1 aromatic rings. The van der Waals surface area contributed by atoms with Crippen molar-refractivity contribution >= 4 is 33.6 Å². The smallest absolute Gasteiger partial charge is 0.234 e. The SMILES string of the molecule is NC(=O)C(CCSc1ccc(Br)cc1)NC1CC1. The highest BCUT2D eigenvalue weighted by atomic mass is 79.9. The molecule has 1 aliphatic carbocycles. The monoisotopic (exact) mass is 328 g/mol. The fourth-order valence-corrected chi connectivity index (χ4v) is 2.85. The second-order valence-corrected chi connectivity index (χ2v) is 6.57. The number of benzene rings is 1. The maximum absolute atomic E-state index is 11.3. The van der Waals surface area contributed by atoms with E-state index in [-0.39, 0.29) is 11.9 Å². The summed E-state index contributed by atoms with van der Waals surface area (Å²) in [4.78, 5) is 12.5. The highest BCUT2D eigenvalue weighted by Gasteiger charge is 2.26. The summed E-state index contributed by atoms with van der Waals surface area (Å²) in [6.07, 6.45) is 3.12. The first-order chi connectivity index (χ1) is 8.65. The zero-order valence-electron chi connectivity index (χ0n) is 10.1. The Morgan fingerprint density at radius 2 is 2.11 bits per heavy atom. The van der Waals surface area contributed by atoms with Crippen LogP contribution in [0, 0.1) is 0 Å². The first-order valence-electron chi connectivity index (χ1n) is 6.09. The van der Waals surface area contributed by atoms with Gasteiger partial charge < -0.3 is 11.1 Å². The zero-order chi connectivity index (χ0) is 13.0. The number of nitrogens with one attached hydrogen (secondary N) is 1. The number of hydrogen-bond donors (Lipinski definition) is 2. The molecular weight excluding hydrogens is 312 g/mol. The highest BCUT2D eigenvalue weighted by Crippen LogP contribution is 2.23. The number of thioether (sulfide) groups is 1. The summed E-state index contributed by atoms with van der Waals surface area (Å²) in [5.41, 5.74) is 5.40. The zero-order valence-corrected chi connectivity index (χ0v) is 12.5. The van der Waals surface area contributed by atoms with Crippen LogP contribution in [0.5, 0.6) is 0 Å². The molecule has 1 unspecified atom stereocenters. The first-order valence-corrected chi connectivity index (χ1v) is 7.87. The van der Waals surface area contributed by atoms with Crippen molar-refractivity contribution in [1.29, 1.82) is 0 Å². The van der Waals surface area contributed by atoms with Crippen molar-refractivity contribution in [3.63, 3.8) is 0 Å². The number of nitrogens with two attached hydrogens (primary N) is 1. The average molecular weight is 329 g/mol. The van der Waals surface area contributed by atoms with Gasteiger partial charge in [0.25, 0.3) is 0 Å². The maximum atomic E-state index is 11.3. The first kappa shape index (κ1) is 13.9. The van der Waals surface area contributed by atoms with Crippen LogP contribution >= 0.6 is 27.7 Å². The largest absolute Gasteiger partial charge is 0.368 e. The summed E-state index contributed by atoms with van der Waals surface area (Å²) in [7, 11) is 0. The van der Waals surface area contributed by atoms with E-state index in [1.165, 1.54) is 17.7 Å². The highest BCUT2D eigenvalue weighted by molar-refractivity contribution is 9.10. The topological polar surface area (TPSA) is 55.1 Å². The Labute approximate surface area is 120 Å². The summed E-state index contributed by atoms with van der Waals surface area (Å²) in [6, 6.07) is 8.53. The summed E-state index contributed by atoms with van der Waals surface area (Å²) in [5.74, 6) is 0.660. The molecule has 1 saturated carbocycles. The molecule has 1 aliphatic rings. The Balaban J connectivity index is 1.75. The minimum atomic E-state index is -0.238. The van der Waals surface area contributed by atoms with E-state index in [0.717, 1.165) is 16.6 Å². The molecule has 0 radical (unpaired) electrons. The fraction of sp³-hybridized carbons (Fsp3) is 0.462. The van der Waals surface area contributed by atoms with Crippen LogP contribution in [0.25, 0.3) is 0 Å². The molecule has 0 spiro atoms. The van der Waals surface area contributed by atoms with Crippen molar-refractivity contribution in [2.45, 2.75) is 36.2 Å². The molecule has 18 heavy (non-hydrogen) atoms. The third-order valence-electron chi connectivity index (χ3n) is 2.85. The lowest BCUT2D eigenvalue weighted by Gasteiger charge is -2.14. The van der Waals surface area contributed by atoms with Gasteiger partial charge in [0, 0.05) is 15.4 Å². The van der Waals surface area contributed by atoms with E-state index in [1.807, 2.05) is 12.1 Å². The molecule has 0 aromatic heterocycles. The number of primary amides is 1. The Bertz CT molecular complexity index is 406. The van der Waals surface area contributed by atoms with Crippen molar-refractivity contribution in [1.82, 2.24) is 5.32 Å². The van der Waals surface area contributed by atoms with E-state index in [4.69, 9.17) is 5.73 Å². The molecule has 98 valence electrons. The molecule has 5 heteroatoms. The second kappa shape index (κ2) is 6.59. The molecule has 0 bridgehead atoms. The molecule has 1 atom stereocenters. The van der Waals surface area contributed by atoms with E-state index < -0.39 is 0 Å². The number of hydrogen-bond acceptors (Lipinski definition) is 3. The van der Waals surface area contributed by atoms with E-state index in [1.54, 1.807) is 11.8 Å². The molecule has 1 aromatic carbocycles. The number of carbonyl (C=O) groups is 1. The van der Waals surface area contributed by atoms with Crippen molar-refractivity contribution in [3.8, 4) is 0 Å². The van der Waals surface area contributed by atoms with Crippen LogP contribution in [-0.2, 0) is 4.79 Å². The van der Waals surface area contributed by atoms with Crippen LogP contribution in [0.15, 0.2) is 33.6 Å². The van der Waals surface area contributed by atoms with Crippen LogP contribution < -0.4 is 11.1 Å².